The van der Waals surface area contributed by atoms with Gasteiger partial charge in [0.25, 0.3) is 10.0 Å². The fourth-order valence-corrected chi connectivity index (χ4v) is 3.03. The predicted molar refractivity (Wildman–Crippen MR) is 89.9 cm³/mol. The van der Waals surface area contributed by atoms with E-state index in [1.165, 1.54) is 0 Å². The standard InChI is InChI=1S/C16H11F7N2O5S/c17-14(18,15(19,20)16(21,22)23)8-30-10-2-4-11(5-3-10)31(28,29)25-9-1-6-12(13(26)27)24-7-9/h1-7,25H,8H2,(H,26,27). The maximum Gasteiger partial charge on any atom is 0.460 e. The first kappa shape index (κ1) is 24.2. The van der Waals surface area contributed by atoms with Gasteiger partial charge in [-0.1, -0.05) is 0 Å². The first-order chi connectivity index (χ1) is 14.1. The van der Waals surface area contributed by atoms with Crippen molar-refractivity contribution in [1.82, 2.24) is 4.98 Å². The lowest BCUT2D eigenvalue weighted by Gasteiger charge is -2.27. The number of hydrogen-bond acceptors (Lipinski definition) is 5. The highest BCUT2D eigenvalue weighted by atomic mass is 32.2. The van der Waals surface area contributed by atoms with Gasteiger partial charge in [0.1, 0.15) is 11.4 Å². The van der Waals surface area contributed by atoms with Crippen LogP contribution in [0.25, 0.3) is 0 Å². The molecule has 0 spiro atoms. The Balaban J connectivity index is 2.09. The van der Waals surface area contributed by atoms with Gasteiger partial charge >= 0.3 is 24.0 Å². The lowest BCUT2D eigenvalue weighted by molar-refractivity contribution is -0.358. The highest BCUT2D eigenvalue weighted by molar-refractivity contribution is 7.92. The lowest BCUT2D eigenvalue weighted by atomic mass is 10.2. The molecule has 0 saturated heterocycles. The van der Waals surface area contributed by atoms with Crippen molar-refractivity contribution < 1.29 is 53.8 Å². The van der Waals surface area contributed by atoms with Crippen LogP contribution in [0.15, 0.2) is 47.5 Å². The topological polar surface area (TPSA) is 106 Å². The van der Waals surface area contributed by atoms with Crippen LogP contribution in [0.4, 0.5) is 36.4 Å². The number of benzene rings is 1. The molecule has 7 nitrogen and oxygen atoms in total. The van der Waals surface area contributed by atoms with Crippen molar-refractivity contribution in [2.45, 2.75) is 22.9 Å². The fraction of sp³-hybridized carbons (Fsp3) is 0.250. The van der Waals surface area contributed by atoms with Gasteiger partial charge in [-0.2, -0.15) is 30.7 Å². The number of carboxylic acid groups (broad SMARTS) is 1. The summed E-state index contributed by atoms with van der Waals surface area (Å²) in [7, 11) is -4.26. The van der Waals surface area contributed by atoms with E-state index in [0.717, 1.165) is 42.6 Å². The lowest BCUT2D eigenvalue weighted by Crippen LogP contribution is -2.54. The van der Waals surface area contributed by atoms with E-state index in [-0.39, 0.29) is 11.4 Å². The number of halogens is 7. The number of ether oxygens (including phenoxy) is 1. The second kappa shape index (κ2) is 8.20. The number of anilines is 1. The monoisotopic (exact) mass is 476 g/mol. The Labute approximate surface area is 169 Å². The Morgan fingerprint density at radius 2 is 1.58 bits per heavy atom. The Bertz CT molecular complexity index is 1040. The number of alkyl halides is 7. The molecule has 170 valence electrons. The average molecular weight is 476 g/mol. The van der Waals surface area contributed by atoms with E-state index in [9.17, 15) is 43.9 Å². The molecule has 0 aliphatic rings. The summed E-state index contributed by atoms with van der Waals surface area (Å²) < 4.78 is 119. The third-order valence-electron chi connectivity index (χ3n) is 3.60. The Morgan fingerprint density at radius 3 is 2.03 bits per heavy atom. The van der Waals surface area contributed by atoms with Crippen LogP contribution in [0.2, 0.25) is 0 Å². The van der Waals surface area contributed by atoms with Gasteiger partial charge in [-0.15, -0.1) is 0 Å². The van der Waals surface area contributed by atoms with Crippen LogP contribution in [0.5, 0.6) is 5.75 Å². The molecule has 31 heavy (non-hydrogen) atoms. The van der Waals surface area contributed by atoms with Gasteiger partial charge in [-0.3, -0.25) is 4.72 Å². The highest BCUT2D eigenvalue weighted by Crippen LogP contribution is 2.46. The van der Waals surface area contributed by atoms with Crippen LogP contribution >= 0.6 is 0 Å². The average Bonchev–Trinajstić information content (AvgIpc) is 2.66. The molecule has 0 radical (unpaired) electrons. The predicted octanol–water partition coefficient (Wildman–Crippen LogP) is 3.79. The minimum absolute atomic E-state index is 0.112. The smallest absolute Gasteiger partial charge is 0.460 e. The van der Waals surface area contributed by atoms with E-state index >= 15 is 0 Å². The van der Waals surface area contributed by atoms with E-state index in [4.69, 9.17) is 5.11 Å². The number of rotatable bonds is 8. The van der Waals surface area contributed by atoms with Gasteiger partial charge in [-0.05, 0) is 36.4 Å². The molecule has 2 aromatic rings. The van der Waals surface area contributed by atoms with Crippen LogP contribution in [-0.4, -0.2) is 49.1 Å². The van der Waals surface area contributed by atoms with Gasteiger partial charge in [0.2, 0.25) is 0 Å². The number of nitrogens with zero attached hydrogens (tertiary/aromatic N) is 1. The minimum Gasteiger partial charge on any atom is -0.487 e. The number of nitrogens with one attached hydrogen (secondary N) is 1. The van der Waals surface area contributed by atoms with Gasteiger partial charge in [0.15, 0.2) is 6.61 Å². The van der Waals surface area contributed by atoms with Gasteiger partial charge in [-0.25, -0.2) is 18.2 Å². The van der Waals surface area contributed by atoms with Crippen molar-refractivity contribution >= 4 is 21.7 Å². The molecule has 0 bridgehead atoms. The van der Waals surface area contributed by atoms with Crippen LogP contribution in [0.3, 0.4) is 0 Å². The molecule has 0 atom stereocenters. The number of carbonyl (C=O) groups is 1. The summed E-state index contributed by atoms with van der Waals surface area (Å²) in [6, 6.07) is 5.29. The number of aromatic carboxylic acids is 1. The molecule has 0 unspecified atom stereocenters. The number of pyridine rings is 1. The zero-order valence-corrected chi connectivity index (χ0v) is 15.6. The van der Waals surface area contributed by atoms with Crippen LogP contribution in [0, 0.1) is 0 Å². The van der Waals surface area contributed by atoms with Gasteiger partial charge in [0, 0.05) is 0 Å². The van der Waals surface area contributed by atoms with Crippen molar-refractivity contribution in [2.24, 2.45) is 0 Å². The largest absolute Gasteiger partial charge is 0.487 e. The van der Waals surface area contributed by atoms with Gasteiger partial charge in [0.05, 0.1) is 16.8 Å². The maximum absolute atomic E-state index is 13.2. The first-order valence-corrected chi connectivity index (χ1v) is 9.32. The quantitative estimate of drug-likeness (QED) is 0.562. The van der Waals surface area contributed by atoms with Crippen LogP contribution in [-0.2, 0) is 10.0 Å². The van der Waals surface area contributed by atoms with Crippen molar-refractivity contribution in [3.8, 4) is 5.75 Å². The molecule has 0 saturated carbocycles. The second-order valence-electron chi connectivity index (χ2n) is 5.88. The fourth-order valence-electron chi connectivity index (χ4n) is 1.98. The number of aromatic nitrogens is 1. The van der Waals surface area contributed by atoms with Crippen LogP contribution < -0.4 is 9.46 Å². The number of carboxylic acids is 1. The molecule has 15 heteroatoms. The molecular weight excluding hydrogens is 465 g/mol. The Hall–Kier alpha value is -3.10. The zero-order valence-electron chi connectivity index (χ0n) is 14.8. The van der Waals surface area contributed by atoms with Gasteiger partial charge < -0.3 is 9.84 Å². The molecule has 1 aromatic carbocycles. The number of hydrogen-bond donors (Lipinski definition) is 2. The first-order valence-electron chi connectivity index (χ1n) is 7.84. The minimum atomic E-state index is -6.50. The van der Waals surface area contributed by atoms with E-state index in [0.29, 0.717) is 0 Å². The summed E-state index contributed by atoms with van der Waals surface area (Å²) in [5.41, 5.74) is -0.461. The molecule has 0 aliphatic carbocycles. The Morgan fingerprint density at radius 1 is 1.00 bits per heavy atom. The van der Waals surface area contributed by atoms with E-state index in [1.54, 1.807) is 0 Å². The zero-order chi connectivity index (χ0) is 23.7. The maximum atomic E-state index is 13.2. The van der Waals surface area contributed by atoms with Crippen molar-refractivity contribution in [2.75, 3.05) is 11.3 Å². The van der Waals surface area contributed by atoms with E-state index in [2.05, 4.69) is 9.72 Å². The summed E-state index contributed by atoms with van der Waals surface area (Å²) in [6.07, 6.45) is -5.58. The third-order valence-corrected chi connectivity index (χ3v) is 5.00. The summed E-state index contributed by atoms with van der Waals surface area (Å²) in [4.78, 5) is 13.8. The highest BCUT2D eigenvalue weighted by Gasteiger charge is 2.73. The van der Waals surface area contributed by atoms with E-state index in [1.807, 2.05) is 4.72 Å². The van der Waals surface area contributed by atoms with Crippen molar-refractivity contribution in [1.29, 1.82) is 0 Å². The summed E-state index contributed by atoms with van der Waals surface area (Å²) >= 11 is 0. The molecule has 2 N–H and O–H groups in total. The van der Waals surface area contributed by atoms with E-state index < -0.39 is 51.3 Å². The normalized spacial score (nSPS) is 13.0. The molecule has 0 amide bonds. The SMILES string of the molecule is O=C(O)c1ccc(NS(=O)(=O)c2ccc(OCC(F)(F)C(F)(F)C(F)(F)F)cc2)cn1. The molecule has 0 aliphatic heterocycles. The summed E-state index contributed by atoms with van der Waals surface area (Å²) in [6.45, 7) is -2.31. The summed E-state index contributed by atoms with van der Waals surface area (Å²) in [5, 5.41) is 8.73. The van der Waals surface area contributed by atoms with Crippen molar-refractivity contribution in [3.05, 3.63) is 48.3 Å². The molecular formula is C16H11F7N2O5S. The summed E-state index contributed by atoms with van der Waals surface area (Å²) in [5.74, 6) is -13.8. The third kappa shape index (κ3) is 5.34. The van der Waals surface area contributed by atoms with Crippen molar-refractivity contribution in [3.63, 3.8) is 0 Å². The number of sulfonamides is 1. The van der Waals surface area contributed by atoms with Crippen LogP contribution in [0.1, 0.15) is 10.5 Å². The second-order valence-corrected chi connectivity index (χ2v) is 7.56. The molecule has 2 rings (SSSR count). The Kier molecular flexibility index (Phi) is 6.40. The molecule has 0 fully saturated rings. The molecule has 1 aromatic heterocycles. The molecule has 1 heterocycles.